The van der Waals surface area contributed by atoms with E-state index in [0.29, 0.717) is 29.5 Å². The Morgan fingerprint density at radius 1 is 1.33 bits per heavy atom. The molecule has 0 bridgehead atoms. The first-order valence-corrected chi connectivity index (χ1v) is 11.1. The number of nitrogens with zero attached hydrogens (tertiary/aromatic N) is 3. The first-order chi connectivity index (χ1) is 14.6. The quantitative estimate of drug-likeness (QED) is 0.582. The number of pyridine rings is 1. The number of aromatic nitrogens is 3. The molecule has 1 aliphatic rings. The van der Waals surface area contributed by atoms with E-state index < -0.39 is 0 Å². The normalized spacial score (nSPS) is 16.6. The van der Waals surface area contributed by atoms with E-state index >= 15 is 0 Å². The maximum absolute atomic E-state index is 12.2. The average molecular weight is 428 g/mol. The van der Waals surface area contributed by atoms with Crippen LogP contribution in [-0.2, 0) is 9.53 Å². The molecule has 30 heavy (non-hydrogen) atoms. The van der Waals surface area contributed by atoms with E-state index in [1.54, 1.807) is 19.3 Å². The van der Waals surface area contributed by atoms with Gasteiger partial charge in [0.25, 0.3) is 0 Å². The maximum Gasteiger partial charge on any atom is 0.349 e. The van der Waals surface area contributed by atoms with Crippen LogP contribution in [-0.4, -0.2) is 57.5 Å². The molecule has 9 heteroatoms. The highest BCUT2D eigenvalue weighted by atomic mass is 32.1. The standard InChI is InChI=1S/C21H25N5O3S/c1-3-17(27)26-9-5-6-13(12-26)25-18-14-7-8-22-19(14)23-10-15(18)20-24-11-16(30-20)21(28)29-4-2/h7-8,10-11,13H,3-6,9,12H2,1-2H3,(H2,22,23,25)/t13-/m1/s1. The number of carbonyl (C=O) groups is 2. The van der Waals surface area contributed by atoms with Crippen LogP contribution in [0.1, 0.15) is 42.8 Å². The zero-order valence-corrected chi connectivity index (χ0v) is 17.9. The second-order valence-corrected chi connectivity index (χ2v) is 8.24. The van der Waals surface area contributed by atoms with Gasteiger partial charge in [0.1, 0.15) is 15.5 Å². The minimum Gasteiger partial charge on any atom is -0.462 e. The van der Waals surface area contributed by atoms with Gasteiger partial charge < -0.3 is 19.9 Å². The van der Waals surface area contributed by atoms with Gasteiger partial charge in [-0.25, -0.2) is 14.8 Å². The molecule has 0 saturated carbocycles. The lowest BCUT2D eigenvalue weighted by atomic mass is 10.0. The second-order valence-electron chi connectivity index (χ2n) is 7.21. The molecule has 2 N–H and O–H groups in total. The molecule has 0 aromatic carbocycles. The molecule has 1 saturated heterocycles. The molecule has 0 spiro atoms. The highest BCUT2D eigenvalue weighted by Crippen LogP contribution is 2.36. The van der Waals surface area contributed by atoms with E-state index in [-0.39, 0.29) is 17.9 Å². The highest BCUT2D eigenvalue weighted by molar-refractivity contribution is 7.16. The summed E-state index contributed by atoms with van der Waals surface area (Å²) in [4.78, 5) is 38.7. The predicted octanol–water partition coefficient (Wildman–Crippen LogP) is 3.68. The number of thiazole rings is 1. The zero-order chi connectivity index (χ0) is 21.1. The van der Waals surface area contributed by atoms with Crippen molar-refractivity contribution >= 4 is 39.9 Å². The lowest BCUT2D eigenvalue weighted by Gasteiger charge is -2.34. The van der Waals surface area contributed by atoms with Gasteiger partial charge in [-0.1, -0.05) is 6.92 Å². The minimum atomic E-state index is -0.368. The predicted molar refractivity (Wildman–Crippen MR) is 117 cm³/mol. The van der Waals surface area contributed by atoms with E-state index in [1.165, 1.54) is 11.3 Å². The van der Waals surface area contributed by atoms with Crippen molar-refractivity contribution in [3.05, 3.63) is 29.5 Å². The first kappa shape index (κ1) is 20.3. The molecule has 1 atom stereocenters. The number of anilines is 1. The van der Waals surface area contributed by atoms with Crippen molar-refractivity contribution in [1.82, 2.24) is 19.9 Å². The number of aromatic amines is 1. The van der Waals surface area contributed by atoms with E-state index in [9.17, 15) is 9.59 Å². The van der Waals surface area contributed by atoms with Crippen LogP contribution in [0.4, 0.5) is 5.69 Å². The van der Waals surface area contributed by atoms with Gasteiger partial charge in [0.15, 0.2) is 0 Å². The molecule has 0 radical (unpaired) electrons. The number of amides is 1. The van der Waals surface area contributed by atoms with Crippen molar-refractivity contribution in [2.45, 2.75) is 39.2 Å². The Kier molecular flexibility index (Phi) is 5.98. The molecule has 158 valence electrons. The lowest BCUT2D eigenvalue weighted by Crippen LogP contribution is -2.45. The Labute approximate surface area is 178 Å². The van der Waals surface area contributed by atoms with E-state index in [2.05, 4.69) is 20.3 Å². The average Bonchev–Trinajstić information content (AvgIpc) is 3.43. The molecule has 4 heterocycles. The molecule has 4 rings (SSSR count). The van der Waals surface area contributed by atoms with Gasteiger partial charge >= 0.3 is 5.97 Å². The van der Waals surface area contributed by atoms with Crippen molar-refractivity contribution in [2.75, 3.05) is 25.0 Å². The Bertz CT molecular complexity index is 1060. The fourth-order valence-electron chi connectivity index (χ4n) is 3.77. The van der Waals surface area contributed by atoms with E-state index in [0.717, 1.165) is 41.7 Å². The highest BCUT2D eigenvalue weighted by Gasteiger charge is 2.25. The second kappa shape index (κ2) is 8.83. The summed E-state index contributed by atoms with van der Waals surface area (Å²) in [7, 11) is 0. The van der Waals surface area contributed by atoms with Crippen LogP contribution in [0.15, 0.2) is 24.7 Å². The van der Waals surface area contributed by atoms with Gasteiger partial charge in [-0.15, -0.1) is 11.3 Å². The summed E-state index contributed by atoms with van der Waals surface area (Å²) < 4.78 is 5.09. The summed E-state index contributed by atoms with van der Waals surface area (Å²) in [5.74, 6) is -0.185. The Morgan fingerprint density at radius 2 is 2.20 bits per heavy atom. The molecule has 3 aromatic rings. The number of hydrogen-bond acceptors (Lipinski definition) is 7. The zero-order valence-electron chi connectivity index (χ0n) is 17.1. The van der Waals surface area contributed by atoms with Gasteiger partial charge in [0.2, 0.25) is 5.91 Å². The molecule has 1 fully saturated rings. The summed E-state index contributed by atoms with van der Waals surface area (Å²) in [6, 6.07) is 2.12. The molecular weight excluding hydrogens is 402 g/mol. The van der Waals surface area contributed by atoms with Gasteiger partial charge in [-0.05, 0) is 25.8 Å². The topological polar surface area (TPSA) is 100 Å². The molecule has 8 nitrogen and oxygen atoms in total. The van der Waals surface area contributed by atoms with Crippen LogP contribution in [0.5, 0.6) is 0 Å². The molecule has 3 aromatic heterocycles. The van der Waals surface area contributed by atoms with Crippen molar-refractivity contribution in [3.63, 3.8) is 0 Å². The fourth-order valence-corrected chi connectivity index (χ4v) is 4.60. The number of fused-ring (bicyclic) bond motifs is 1. The van der Waals surface area contributed by atoms with Crippen LogP contribution in [0.2, 0.25) is 0 Å². The Hall–Kier alpha value is -2.94. The summed E-state index contributed by atoms with van der Waals surface area (Å²) in [6.07, 6.45) is 7.63. The SMILES string of the molecule is CCOC(=O)c1cnc(-c2cnc3[nH]ccc3c2N[C@@H]2CCCN(C(=O)CC)C2)s1. The number of piperidine rings is 1. The summed E-state index contributed by atoms with van der Waals surface area (Å²) in [5.41, 5.74) is 2.53. The summed E-state index contributed by atoms with van der Waals surface area (Å²) in [5, 5.41) is 5.31. The van der Waals surface area contributed by atoms with Crippen LogP contribution < -0.4 is 5.32 Å². The van der Waals surface area contributed by atoms with Crippen LogP contribution in [0, 0.1) is 0 Å². The van der Waals surface area contributed by atoms with Crippen LogP contribution in [0.3, 0.4) is 0 Å². The first-order valence-electron chi connectivity index (χ1n) is 10.2. The Morgan fingerprint density at radius 3 is 3.00 bits per heavy atom. The van der Waals surface area contributed by atoms with Crippen molar-refractivity contribution in [2.24, 2.45) is 0 Å². The Balaban J connectivity index is 1.66. The van der Waals surface area contributed by atoms with Crippen molar-refractivity contribution in [3.8, 4) is 10.6 Å². The summed E-state index contributed by atoms with van der Waals surface area (Å²) in [6.45, 7) is 5.48. The third-order valence-electron chi connectivity index (χ3n) is 5.22. The molecule has 1 amide bonds. The van der Waals surface area contributed by atoms with Crippen molar-refractivity contribution < 1.29 is 14.3 Å². The number of likely N-dealkylation sites (tertiary alicyclic amines) is 1. The minimum absolute atomic E-state index is 0.137. The van der Waals surface area contributed by atoms with E-state index in [4.69, 9.17) is 4.74 Å². The molecule has 0 unspecified atom stereocenters. The monoisotopic (exact) mass is 427 g/mol. The lowest BCUT2D eigenvalue weighted by molar-refractivity contribution is -0.131. The van der Waals surface area contributed by atoms with Gasteiger partial charge in [-0.2, -0.15) is 0 Å². The molecule has 0 aliphatic carbocycles. The number of esters is 1. The maximum atomic E-state index is 12.2. The number of rotatable bonds is 6. The van der Waals surface area contributed by atoms with Crippen LogP contribution >= 0.6 is 11.3 Å². The number of nitrogens with one attached hydrogen (secondary N) is 2. The third kappa shape index (κ3) is 4.02. The van der Waals surface area contributed by atoms with E-state index in [1.807, 2.05) is 24.1 Å². The van der Waals surface area contributed by atoms with Crippen LogP contribution in [0.25, 0.3) is 21.6 Å². The van der Waals surface area contributed by atoms with Gasteiger partial charge in [0, 0.05) is 43.3 Å². The summed E-state index contributed by atoms with van der Waals surface area (Å²) >= 11 is 1.29. The number of carbonyl (C=O) groups excluding carboxylic acids is 2. The number of H-pyrrole nitrogens is 1. The smallest absolute Gasteiger partial charge is 0.349 e. The van der Waals surface area contributed by atoms with Crippen molar-refractivity contribution in [1.29, 1.82) is 0 Å². The third-order valence-corrected chi connectivity index (χ3v) is 6.23. The number of hydrogen-bond donors (Lipinski definition) is 2. The molecule has 1 aliphatic heterocycles. The van der Waals surface area contributed by atoms with Gasteiger partial charge in [-0.3, -0.25) is 4.79 Å². The fraction of sp³-hybridized carbons (Fsp3) is 0.429. The van der Waals surface area contributed by atoms with Gasteiger partial charge in [0.05, 0.1) is 24.1 Å². The molecular formula is C21H25N5O3S. The number of ether oxygens (including phenoxy) is 1. The largest absolute Gasteiger partial charge is 0.462 e.